The van der Waals surface area contributed by atoms with Crippen LogP contribution in [0.25, 0.3) is 0 Å². The number of ether oxygens (including phenoxy) is 1. The first-order chi connectivity index (χ1) is 12.9. The quantitative estimate of drug-likeness (QED) is 0.282. The number of alkyl halides is 1. The lowest BCUT2D eigenvalue weighted by molar-refractivity contribution is -0.153. The van der Waals surface area contributed by atoms with E-state index in [1.165, 1.54) is 24.3 Å². The van der Waals surface area contributed by atoms with Gasteiger partial charge in [0, 0.05) is 10.0 Å². The number of para-hydroxylation sites is 1. The summed E-state index contributed by atoms with van der Waals surface area (Å²) in [5.74, 6) is -1.80. The SMILES string of the molecule is CC(C)(C)OC(=O)C(Cl)C(=O)c1ccccc1S(=O)(=O)Nc1ccccc1Br. The van der Waals surface area contributed by atoms with Gasteiger partial charge in [-0.2, -0.15) is 0 Å². The fourth-order valence-corrected chi connectivity index (χ4v) is 4.22. The van der Waals surface area contributed by atoms with Gasteiger partial charge in [-0.05, 0) is 61.0 Å². The minimum atomic E-state index is -4.12. The van der Waals surface area contributed by atoms with E-state index in [9.17, 15) is 18.0 Å². The second kappa shape index (κ2) is 8.63. The predicted octanol–water partition coefficient (Wildman–Crippen LogP) is 4.38. The van der Waals surface area contributed by atoms with Crippen LogP contribution >= 0.6 is 27.5 Å². The highest BCUT2D eigenvalue weighted by Crippen LogP contribution is 2.27. The first kappa shape index (κ1) is 22.4. The number of nitrogens with one attached hydrogen (secondary N) is 1. The molecule has 0 amide bonds. The van der Waals surface area contributed by atoms with Gasteiger partial charge in [0.2, 0.25) is 0 Å². The summed E-state index contributed by atoms with van der Waals surface area (Å²) in [7, 11) is -4.12. The summed E-state index contributed by atoms with van der Waals surface area (Å²) in [5, 5.41) is -1.67. The van der Waals surface area contributed by atoms with Crippen LogP contribution in [0.5, 0.6) is 0 Å². The van der Waals surface area contributed by atoms with Crippen LogP contribution in [0.1, 0.15) is 31.1 Å². The molecule has 150 valence electrons. The number of sulfonamides is 1. The minimum absolute atomic E-state index is 0.201. The molecule has 0 aromatic heterocycles. The Kier molecular flexibility index (Phi) is 6.90. The number of esters is 1. The van der Waals surface area contributed by atoms with Crippen LogP contribution in [0.4, 0.5) is 5.69 Å². The Morgan fingerprint density at radius 1 is 1.07 bits per heavy atom. The summed E-state index contributed by atoms with van der Waals surface area (Å²) in [6.45, 7) is 4.91. The number of anilines is 1. The number of halogens is 2. The molecule has 0 heterocycles. The molecule has 0 saturated carbocycles. The molecule has 0 aliphatic rings. The molecule has 1 unspecified atom stereocenters. The van der Waals surface area contributed by atoms with Gasteiger partial charge in [-0.25, -0.2) is 13.2 Å². The molecule has 9 heteroatoms. The highest BCUT2D eigenvalue weighted by molar-refractivity contribution is 9.10. The van der Waals surface area contributed by atoms with Gasteiger partial charge in [0.05, 0.1) is 10.6 Å². The van der Waals surface area contributed by atoms with Crippen LogP contribution in [-0.2, 0) is 19.6 Å². The van der Waals surface area contributed by atoms with Crippen molar-refractivity contribution < 1.29 is 22.7 Å². The molecule has 2 rings (SSSR count). The summed E-state index contributed by atoms with van der Waals surface area (Å²) in [4.78, 5) is 24.6. The normalized spacial score (nSPS) is 12.9. The van der Waals surface area contributed by atoms with Gasteiger partial charge in [-0.15, -0.1) is 11.6 Å². The van der Waals surface area contributed by atoms with E-state index < -0.39 is 32.8 Å². The Labute approximate surface area is 177 Å². The van der Waals surface area contributed by atoms with Crippen molar-refractivity contribution in [3.63, 3.8) is 0 Å². The number of carbonyl (C=O) groups excluding carboxylic acids is 2. The Hall–Kier alpha value is -1.90. The molecule has 0 aliphatic heterocycles. The number of rotatable bonds is 6. The third kappa shape index (κ3) is 5.56. The maximum absolute atomic E-state index is 12.9. The predicted molar refractivity (Wildman–Crippen MR) is 111 cm³/mol. The Morgan fingerprint density at radius 3 is 2.25 bits per heavy atom. The van der Waals surface area contributed by atoms with E-state index in [1.807, 2.05) is 0 Å². The molecular weight excluding hydrogens is 470 g/mol. The van der Waals surface area contributed by atoms with E-state index in [2.05, 4.69) is 20.7 Å². The average Bonchev–Trinajstić information content (AvgIpc) is 2.61. The van der Waals surface area contributed by atoms with Crippen molar-refractivity contribution >= 4 is 55.0 Å². The van der Waals surface area contributed by atoms with Gasteiger partial charge in [0.1, 0.15) is 5.60 Å². The van der Waals surface area contributed by atoms with Crippen LogP contribution in [0, 0.1) is 0 Å². The lowest BCUT2D eigenvalue weighted by Gasteiger charge is -2.21. The summed E-state index contributed by atoms with van der Waals surface area (Å²) < 4.78 is 33.8. The van der Waals surface area contributed by atoms with Crippen molar-refractivity contribution in [2.75, 3.05) is 4.72 Å². The molecule has 1 atom stereocenters. The highest BCUT2D eigenvalue weighted by atomic mass is 79.9. The summed E-state index contributed by atoms with van der Waals surface area (Å²) in [6, 6.07) is 12.2. The molecule has 2 aromatic rings. The summed E-state index contributed by atoms with van der Waals surface area (Å²) >= 11 is 9.25. The number of hydrogen-bond donors (Lipinski definition) is 1. The number of carbonyl (C=O) groups is 2. The second-order valence-corrected chi connectivity index (χ2v) is 9.78. The second-order valence-electron chi connectivity index (χ2n) is 6.84. The van der Waals surface area contributed by atoms with E-state index in [1.54, 1.807) is 45.0 Å². The maximum atomic E-state index is 12.9. The number of ketones is 1. The lowest BCUT2D eigenvalue weighted by Crippen LogP contribution is -2.34. The highest BCUT2D eigenvalue weighted by Gasteiger charge is 2.33. The van der Waals surface area contributed by atoms with E-state index in [0.717, 1.165) is 0 Å². The van der Waals surface area contributed by atoms with Crippen molar-refractivity contribution in [2.24, 2.45) is 0 Å². The fraction of sp³-hybridized carbons (Fsp3) is 0.263. The molecular formula is C19H19BrClNO5S. The molecule has 2 aromatic carbocycles. The fourth-order valence-electron chi connectivity index (χ4n) is 2.25. The zero-order valence-corrected chi connectivity index (χ0v) is 18.6. The van der Waals surface area contributed by atoms with E-state index in [4.69, 9.17) is 16.3 Å². The van der Waals surface area contributed by atoms with Crippen molar-refractivity contribution in [1.82, 2.24) is 0 Å². The van der Waals surface area contributed by atoms with Gasteiger partial charge in [0.25, 0.3) is 10.0 Å². The van der Waals surface area contributed by atoms with Gasteiger partial charge in [-0.3, -0.25) is 9.52 Å². The average molecular weight is 489 g/mol. The van der Waals surface area contributed by atoms with Crippen molar-refractivity contribution in [1.29, 1.82) is 0 Å². The van der Waals surface area contributed by atoms with Crippen LogP contribution in [0.2, 0.25) is 0 Å². The number of hydrogen-bond acceptors (Lipinski definition) is 5. The lowest BCUT2D eigenvalue weighted by atomic mass is 10.1. The molecule has 0 saturated heterocycles. The van der Waals surface area contributed by atoms with Gasteiger partial charge in [-0.1, -0.05) is 24.3 Å². The molecule has 1 N–H and O–H groups in total. The van der Waals surface area contributed by atoms with Crippen LogP contribution < -0.4 is 4.72 Å². The van der Waals surface area contributed by atoms with Gasteiger partial charge in [0.15, 0.2) is 11.2 Å². The third-order valence-electron chi connectivity index (χ3n) is 3.40. The Morgan fingerprint density at radius 2 is 1.64 bits per heavy atom. The van der Waals surface area contributed by atoms with Crippen molar-refractivity contribution in [3.8, 4) is 0 Å². The minimum Gasteiger partial charge on any atom is -0.459 e. The maximum Gasteiger partial charge on any atom is 0.332 e. The smallest absolute Gasteiger partial charge is 0.332 e. The summed E-state index contributed by atoms with van der Waals surface area (Å²) in [6.07, 6.45) is 0. The van der Waals surface area contributed by atoms with Gasteiger partial charge >= 0.3 is 5.97 Å². The van der Waals surface area contributed by atoms with Crippen LogP contribution in [0.3, 0.4) is 0 Å². The first-order valence-corrected chi connectivity index (χ1v) is 10.9. The number of benzene rings is 2. The molecule has 0 fully saturated rings. The molecule has 28 heavy (non-hydrogen) atoms. The summed E-state index contributed by atoms with van der Waals surface area (Å²) in [5.41, 5.74) is -0.732. The number of Topliss-reactive ketones (excluding diaryl/α,β-unsaturated/α-hetero) is 1. The Bertz CT molecular complexity index is 1000. The topological polar surface area (TPSA) is 89.5 Å². The van der Waals surface area contributed by atoms with Crippen LogP contribution in [-0.4, -0.2) is 31.1 Å². The molecule has 6 nitrogen and oxygen atoms in total. The van der Waals surface area contributed by atoms with Crippen molar-refractivity contribution in [2.45, 2.75) is 36.6 Å². The molecule has 0 radical (unpaired) electrons. The van der Waals surface area contributed by atoms with Crippen LogP contribution in [0.15, 0.2) is 57.9 Å². The van der Waals surface area contributed by atoms with Crippen molar-refractivity contribution in [3.05, 3.63) is 58.6 Å². The van der Waals surface area contributed by atoms with E-state index in [-0.39, 0.29) is 10.5 Å². The van der Waals surface area contributed by atoms with Gasteiger partial charge < -0.3 is 4.74 Å². The first-order valence-electron chi connectivity index (χ1n) is 8.20. The standard InChI is InChI=1S/C19H19BrClNO5S/c1-19(2,3)27-18(24)16(21)17(23)12-8-4-7-11-15(12)28(25,26)22-14-10-6-5-9-13(14)20/h4-11,16,22H,1-3H3. The largest absolute Gasteiger partial charge is 0.459 e. The van der Waals surface area contributed by atoms with E-state index in [0.29, 0.717) is 10.2 Å². The van der Waals surface area contributed by atoms with E-state index >= 15 is 0 Å². The zero-order chi connectivity index (χ0) is 21.1. The Balaban J connectivity index is 2.38. The zero-order valence-electron chi connectivity index (χ0n) is 15.4. The molecule has 0 aliphatic carbocycles. The molecule has 0 spiro atoms. The third-order valence-corrected chi connectivity index (χ3v) is 5.90. The molecule has 0 bridgehead atoms. The monoisotopic (exact) mass is 487 g/mol.